The molecule has 0 aliphatic carbocycles. The Labute approximate surface area is 203 Å². The smallest absolute Gasteiger partial charge is 0.278 e. The van der Waals surface area contributed by atoms with Crippen LogP contribution in [-0.2, 0) is 18.4 Å². The van der Waals surface area contributed by atoms with Crippen LogP contribution in [0.25, 0.3) is 16.7 Å². The van der Waals surface area contributed by atoms with Crippen LogP contribution in [0.2, 0.25) is 0 Å². The number of rotatable bonds is 4. The molecule has 0 fully saturated rings. The molecule has 0 saturated heterocycles. The maximum Gasteiger partial charge on any atom is 0.278 e. The highest BCUT2D eigenvalue weighted by Gasteiger charge is 2.26. The molecule has 9 heteroatoms. The molecule has 1 aromatic carbocycles. The molecule has 0 unspecified atom stereocenters. The summed E-state index contributed by atoms with van der Waals surface area (Å²) < 4.78 is 18.8. The largest absolute Gasteiger partial charge is 0.324 e. The fourth-order valence-electron chi connectivity index (χ4n) is 4.56. The van der Waals surface area contributed by atoms with Crippen molar-refractivity contribution in [2.24, 2.45) is 0 Å². The summed E-state index contributed by atoms with van der Waals surface area (Å²) in [6.45, 7) is 11.3. The minimum Gasteiger partial charge on any atom is -0.324 e. The van der Waals surface area contributed by atoms with Gasteiger partial charge in [-0.05, 0) is 56.1 Å². The molecule has 182 valence electrons. The molecule has 1 aliphatic heterocycles. The number of hydrogen-bond acceptors (Lipinski definition) is 6. The minimum atomic E-state index is -0.505. The predicted molar refractivity (Wildman–Crippen MR) is 135 cm³/mol. The number of benzene rings is 1. The zero-order valence-electron chi connectivity index (χ0n) is 20.7. The summed E-state index contributed by atoms with van der Waals surface area (Å²) in [7, 11) is 0. The Hall–Kier alpha value is -3.59. The van der Waals surface area contributed by atoms with Gasteiger partial charge < -0.3 is 10.6 Å². The van der Waals surface area contributed by atoms with Crippen molar-refractivity contribution in [1.82, 2.24) is 29.6 Å². The third-order valence-corrected chi connectivity index (χ3v) is 6.27. The van der Waals surface area contributed by atoms with E-state index >= 15 is 4.39 Å². The summed E-state index contributed by atoms with van der Waals surface area (Å²) in [6, 6.07) is 7.55. The van der Waals surface area contributed by atoms with E-state index in [2.05, 4.69) is 37.7 Å². The molecule has 4 heterocycles. The molecule has 4 aromatic rings. The van der Waals surface area contributed by atoms with Crippen LogP contribution in [0.4, 0.5) is 16.0 Å². The van der Waals surface area contributed by atoms with Gasteiger partial charge in [0.15, 0.2) is 11.5 Å². The molecule has 0 atom stereocenters. The fraction of sp³-hybridized carbons (Fsp3) is 0.385. The van der Waals surface area contributed by atoms with Crippen molar-refractivity contribution < 1.29 is 4.39 Å². The minimum absolute atomic E-state index is 0.230. The number of halogens is 1. The molecule has 1 aliphatic rings. The Kier molecular flexibility index (Phi) is 5.67. The molecular formula is C26H30FN7O. The Morgan fingerprint density at radius 1 is 1.14 bits per heavy atom. The van der Waals surface area contributed by atoms with E-state index in [0.717, 1.165) is 25.2 Å². The van der Waals surface area contributed by atoms with Crippen LogP contribution >= 0.6 is 0 Å². The second-order valence-corrected chi connectivity index (χ2v) is 10.3. The highest BCUT2D eigenvalue weighted by Crippen LogP contribution is 2.29. The predicted octanol–water partition coefficient (Wildman–Crippen LogP) is 4.38. The van der Waals surface area contributed by atoms with E-state index in [4.69, 9.17) is 0 Å². The van der Waals surface area contributed by atoms with Crippen LogP contribution in [0.15, 0.2) is 41.5 Å². The Balaban J connectivity index is 1.66. The summed E-state index contributed by atoms with van der Waals surface area (Å²) in [5.74, 6) is -0.136. The van der Waals surface area contributed by atoms with Crippen LogP contribution in [-0.4, -0.2) is 30.9 Å². The van der Waals surface area contributed by atoms with Gasteiger partial charge in [-0.2, -0.15) is 4.98 Å². The van der Waals surface area contributed by atoms with E-state index in [1.165, 1.54) is 22.0 Å². The van der Waals surface area contributed by atoms with Crippen molar-refractivity contribution in [1.29, 1.82) is 0 Å². The third-order valence-electron chi connectivity index (χ3n) is 6.27. The Morgan fingerprint density at radius 2 is 1.94 bits per heavy atom. The van der Waals surface area contributed by atoms with E-state index in [1.54, 1.807) is 16.9 Å². The number of anilines is 2. The second-order valence-electron chi connectivity index (χ2n) is 10.3. The molecule has 0 amide bonds. The lowest BCUT2D eigenvalue weighted by atomic mass is 9.91. The average Bonchev–Trinajstić information content (AvgIpc) is 3.10. The normalized spacial score (nSPS) is 13.9. The number of aromatic nitrogens is 5. The van der Waals surface area contributed by atoms with Crippen molar-refractivity contribution in [3.63, 3.8) is 0 Å². The van der Waals surface area contributed by atoms with Gasteiger partial charge in [0.2, 0.25) is 5.95 Å². The molecule has 0 radical (unpaired) electrons. The van der Waals surface area contributed by atoms with Crippen LogP contribution in [0.1, 0.15) is 57.5 Å². The molecule has 2 N–H and O–H groups in total. The third kappa shape index (κ3) is 4.10. The van der Waals surface area contributed by atoms with Gasteiger partial charge in [-0.15, -0.1) is 0 Å². The van der Waals surface area contributed by atoms with E-state index in [-0.39, 0.29) is 17.3 Å². The molecule has 0 spiro atoms. The second kappa shape index (κ2) is 8.57. The standard InChI is InChI=1S/C26H30FN7O/c1-15(2)33-24(35)19-14-30-25(31-18-7-6-16-8-10-28-13-17(16)12-18)32-23(19)34(33)20-9-11-29-22(21(20)27)26(3,4)5/h6-7,9,11-12,14-15,28H,8,10,13H2,1-5H3,(H,30,31,32). The molecule has 0 bridgehead atoms. The quantitative estimate of drug-likeness (QED) is 0.455. The first-order valence-electron chi connectivity index (χ1n) is 11.9. The zero-order valence-corrected chi connectivity index (χ0v) is 20.7. The lowest BCUT2D eigenvalue weighted by Gasteiger charge is -2.21. The summed E-state index contributed by atoms with van der Waals surface area (Å²) in [4.78, 5) is 26.6. The van der Waals surface area contributed by atoms with Crippen LogP contribution in [0.3, 0.4) is 0 Å². The van der Waals surface area contributed by atoms with Gasteiger partial charge in [-0.25, -0.2) is 18.7 Å². The van der Waals surface area contributed by atoms with Crippen LogP contribution in [0, 0.1) is 5.82 Å². The Bertz CT molecular complexity index is 1480. The lowest BCUT2D eigenvalue weighted by molar-refractivity contribution is 0.453. The summed E-state index contributed by atoms with van der Waals surface area (Å²) in [5.41, 5.74) is 3.55. The summed E-state index contributed by atoms with van der Waals surface area (Å²) in [5, 5.41) is 6.96. The van der Waals surface area contributed by atoms with E-state index < -0.39 is 11.2 Å². The molecule has 8 nitrogen and oxygen atoms in total. The first-order chi connectivity index (χ1) is 16.6. The molecule has 5 rings (SSSR count). The van der Waals surface area contributed by atoms with Crippen molar-refractivity contribution >= 4 is 22.7 Å². The van der Waals surface area contributed by atoms with Crippen molar-refractivity contribution in [3.05, 3.63) is 69.7 Å². The van der Waals surface area contributed by atoms with Crippen molar-refractivity contribution in [2.45, 2.75) is 59.0 Å². The van der Waals surface area contributed by atoms with Gasteiger partial charge in [0.25, 0.3) is 5.56 Å². The van der Waals surface area contributed by atoms with Crippen molar-refractivity contribution in [2.75, 3.05) is 11.9 Å². The molecule has 3 aromatic heterocycles. The maximum absolute atomic E-state index is 15.8. The first kappa shape index (κ1) is 23.2. The zero-order chi connectivity index (χ0) is 24.9. The number of nitrogens with zero attached hydrogens (tertiary/aromatic N) is 5. The van der Waals surface area contributed by atoms with Crippen LogP contribution < -0.4 is 16.2 Å². The van der Waals surface area contributed by atoms with Gasteiger partial charge >= 0.3 is 0 Å². The monoisotopic (exact) mass is 475 g/mol. The number of hydrogen-bond donors (Lipinski definition) is 2. The van der Waals surface area contributed by atoms with Crippen molar-refractivity contribution in [3.8, 4) is 5.69 Å². The lowest BCUT2D eigenvalue weighted by Crippen LogP contribution is -2.26. The van der Waals surface area contributed by atoms with E-state index in [0.29, 0.717) is 22.7 Å². The number of pyridine rings is 1. The fourth-order valence-corrected chi connectivity index (χ4v) is 4.56. The summed E-state index contributed by atoms with van der Waals surface area (Å²) in [6.07, 6.45) is 4.08. The topological polar surface area (TPSA) is 89.7 Å². The molecular weight excluding hydrogens is 445 g/mol. The average molecular weight is 476 g/mol. The maximum atomic E-state index is 15.8. The highest BCUT2D eigenvalue weighted by molar-refractivity contribution is 5.77. The highest BCUT2D eigenvalue weighted by atomic mass is 19.1. The Morgan fingerprint density at radius 3 is 2.69 bits per heavy atom. The first-order valence-corrected chi connectivity index (χ1v) is 11.9. The van der Waals surface area contributed by atoms with E-state index in [1.807, 2.05) is 40.7 Å². The molecule has 0 saturated carbocycles. The van der Waals surface area contributed by atoms with Gasteiger partial charge in [0.05, 0.1) is 5.69 Å². The SMILES string of the molecule is CC(C)n1c(=O)c2cnc(Nc3ccc4c(c3)CNCC4)nc2n1-c1ccnc(C(C)(C)C)c1F. The molecule has 35 heavy (non-hydrogen) atoms. The van der Waals surface area contributed by atoms with Gasteiger partial charge in [-0.1, -0.05) is 26.8 Å². The summed E-state index contributed by atoms with van der Waals surface area (Å²) >= 11 is 0. The number of nitrogens with one attached hydrogen (secondary N) is 2. The van der Waals surface area contributed by atoms with Gasteiger partial charge in [0, 0.05) is 36.1 Å². The van der Waals surface area contributed by atoms with Gasteiger partial charge in [-0.3, -0.25) is 9.78 Å². The van der Waals surface area contributed by atoms with E-state index in [9.17, 15) is 4.79 Å². The van der Waals surface area contributed by atoms with Crippen LogP contribution in [0.5, 0.6) is 0 Å². The number of fused-ring (bicyclic) bond motifs is 2. The van der Waals surface area contributed by atoms with Gasteiger partial charge in [0.1, 0.15) is 11.1 Å².